The summed E-state index contributed by atoms with van der Waals surface area (Å²) in [7, 11) is 0. The molecule has 1 saturated heterocycles. The molecular weight excluding hydrogens is 452 g/mol. The zero-order chi connectivity index (χ0) is 22.2. The number of hydrogen-bond acceptors (Lipinski definition) is 7. The maximum atomic E-state index is 13.5. The number of para-hydroxylation sites is 2. The standard InChI is InChI=1S/C25H24N4O2S2/c30-24(29-20(23-10-5-13-33-23)14-19(27-29)22-9-4-12-32-22)16-28-11-3-6-17(15-28)25-26-18-7-1-2-8-21(18)31-25/h1-2,4-5,7-10,12-13,17,20H,3,6,11,14-16H2. The van der Waals surface area contributed by atoms with Gasteiger partial charge in [0.05, 0.1) is 23.2 Å². The first-order valence-corrected chi connectivity index (χ1v) is 13.0. The molecule has 0 saturated carbocycles. The number of carbonyl (C=O) groups excluding carboxylic acids is 1. The molecule has 33 heavy (non-hydrogen) atoms. The highest BCUT2D eigenvalue weighted by atomic mass is 32.1. The lowest BCUT2D eigenvalue weighted by Gasteiger charge is -2.32. The van der Waals surface area contributed by atoms with Crippen LogP contribution < -0.4 is 0 Å². The van der Waals surface area contributed by atoms with Gasteiger partial charge in [0.15, 0.2) is 11.5 Å². The Morgan fingerprint density at radius 2 is 1.97 bits per heavy atom. The number of thiophene rings is 2. The van der Waals surface area contributed by atoms with Gasteiger partial charge in [-0.15, -0.1) is 22.7 Å². The van der Waals surface area contributed by atoms with Crippen LogP contribution in [-0.4, -0.2) is 46.1 Å². The number of amides is 1. The van der Waals surface area contributed by atoms with Gasteiger partial charge in [0.2, 0.25) is 0 Å². The predicted octanol–water partition coefficient (Wildman–Crippen LogP) is 5.51. The highest BCUT2D eigenvalue weighted by Gasteiger charge is 2.35. The molecule has 0 N–H and O–H groups in total. The molecule has 4 aromatic rings. The van der Waals surface area contributed by atoms with Crippen molar-refractivity contribution in [3.63, 3.8) is 0 Å². The van der Waals surface area contributed by atoms with Gasteiger partial charge in [-0.3, -0.25) is 9.69 Å². The van der Waals surface area contributed by atoms with E-state index >= 15 is 0 Å². The van der Waals surface area contributed by atoms with Crippen molar-refractivity contribution < 1.29 is 9.21 Å². The number of likely N-dealkylation sites (tertiary alicyclic amines) is 1. The third-order valence-corrected chi connectivity index (χ3v) is 8.26. The van der Waals surface area contributed by atoms with Crippen LogP contribution in [0.15, 0.2) is 68.8 Å². The third-order valence-electron chi connectivity index (χ3n) is 6.37. The number of aromatic nitrogens is 1. The van der Waals surface area contributed by atoms with E-state index in [4.69, 9.17) is 14.5 Å². The smallest absolute Gasteiger partial charge is 0.257 e. The molecule has 0 spiro atoms. The lowest BCUT2D eigenvalue weighted by atomic mass is 9.98. The number of fused-ring (bicyclic) bond motifs is 1. The average Bonchev–Trinajstić information content (AvgIpc) is 3.63. The Labute approximate surface area is 200 Å². The first kappa shape index (κ1) is 20.8. The Balaban J connectivity index is 1.19. The van der Waals surface area contributed by atoms with E-state index in [1.54, 1.807) is 27.7 Å². The summed E-state index contributed by atoms with van der Waals surface area (Å²) in [5, 5.41) is 10.6. The summed E-state index contributed by atoms with van der Waals surface area (Å²) < 4.78 is 6.03. The molecule has 8 heteroatoms. The van der Waals surface area contributed by atoms with E-state index in [0.717, 1.165) is 59.9 Å². The largest absolute Gasteiger partial charge is 0.440 e. The Morgan fingerprint density at radius 1 is 1.09 bits per heavy atom. The van der Waals surface area contributed by atoms with Crippen molar-refractivity contribution in [1.29, 1.82) is 0 Å². The van der Waals surface area contributed by atoms with Gasteiger partial charge in [-0.2, -0.15) is 5.10 Å². The van der Waals surface area contributed by atoms with Gasteiger partial charge in [-0.1, -0.05) is 24.3 Å². The van der Waals surface area contributed by atoms with Gasteiger partial charge in [-0.05, 0) is 54.4 Å². The molecule has 6 nitrogen and oxygen atoms in total. The molecule has 1 fully saturated rings. The maximum Gasteiger partial charge on any atom is 0.257 e. The molecule has 5 heterocycles. The van der Waals surface area contributed by atoms with Gasteiger partial charge in [-0.25, -0.2) is 9.99 Å². The molecule has 6 rings (SSSR count). The molecule has 2 atom stereocenters. The number of nitrogens with zero attached hydrogens (tertiary/aromatic N) is 4. The fourth-order valence-corrected chi connectivity index (χ4v) is 6.30. The van der Waals surface area contributed by atoms with E-state index in [-0.39, 0.29) is 17.9 Å². The lowest BCUT2D eigenvalue weighted by molar-refractivity contribution is -0.134. The molecule has 0 bridgehead atoms. The van der Waals surface area contributed by atoms with E-state index in [1.807, 2.05) is 36.4 Å². The second-order valence-corrected chi connectivity index (χ2v) is 10.5. The van der Waals surface area contributed by atoms with Crippen LogP contribution >= 0.6 is 22.7 Å². The zero-order valence-electron chi connectivity index (χ0n) is 18.1. The first-order valence-electron chi connectivity index (χ1n) is 11.3. The van der Waals surface area contributed by atoms with Crippen LogP contribution in [0.4, 0.5) is 0 Å². The number of rotatable bonds is 5. The summed E-state index contributed by atoms with van der Waals surface area (Å²) in [6, 6.07) is 16.1. The highest BCUT2D eigenvalue weighted by Crippen LogP contribution is 2.36. The van der Waals surface area contributed by atoms with Gasteiger partial charge < -0.3 is 4.42 Å². The Morgan fingerprint density at radius 3 is 2.79 bits per heavy atom. The molecule has 168 valence electrons. The van der Waals surface area contributed by atoms with E-state index < -0.39 is 0 Å². The highest BCUT2D eigenvalue weighted by molar-refractivity contribution is 7.12. The molecule has 1 aromatic carbocycles. The Hall–Kier alpha value is -2.81. The molecular formula is C25H24N4O2S2. The molecule has 0 radical (unpaired) electrons. The second-order valence-electron chi connectivity index (χ2n) is 8.59. The van der Waals surface area contributed by atoms with Gasteiger partial charge in [0, 0.05) is 23.8 Å². The van der Waals surface area contributed by atoms with Crippen LogP contribution in [-0.2, 0) is 4.79 Å². The molecule has 2 aliphatic rings. The van der Waals surface area contributed by atoms with E-state index in [2.05, 4.69) is 27.8 Å². The van der Waals surface area contributed by atoms with Crippen LogP contribution in [0.3, 0.4) is 0 Å². The van der Waals surface area contributed by atoms with Gasteiger partial charge >= 0.3 is 0 Å². The number of piperidine rings is 1. The SMILES string of the molecule is O=C(CN1CCCC(c2nc3ccccc3o2)C1)N1N=C(c2cccs2)CC1c1cccs1. The average molecular weight is 477 g/mol. The Kier molecular flexibility index (Phi) is 5.57. The fourth-order valence-electron chi connectivity index (χ4n) is 4.76. The zero-order valence-corrected chi connectivity index (χ0v) is 19.7. The quantitative estimate of drug-likeness (QED) is 0.381. The minimum absolute atomic E-state index is 0.0211. The second kappa shape index (κ2) is 8.85. The topological polar surface area (TPSA) is 61.9 Å². The van der Waals surface area contributed by atoms with Crippen molar-refractivity contribution in [2.75, 3.05) is 19.6 Å². The first-order chi connectivity index (χ1) is 16.2. The summed E-state index contributed by atoms with van der Waals surface area (Å²) in [5.74, 6) is 1.04. The summed E-state index contributed by atoms with van der Waals surface area (Å²) in [6.07, 6.45) is 2.81. The minimum atomic E-state index is -0.0211. The van der Waals surface area contributed by atoms with Crippen LogP contribution in [0.1, 0.15) is 46.9 Å². The van der Waals surface area contributed by atoms with Crippen molar-refractivity contribution >= 4 is 45.4 Å². The van der Waals surface area contributed by atoms with Gasteiger partial charge in [0.1, 0.15) is 5.52 Å². The van der Waals surface area contributed by atoms with Crippen molar-refractivity contribution in [2.45, 2.75) is 31.2 Å². The summed E-state index contributed by atoms with van der Waals surface area (Å²) in [6.45, 7) is 2.04. The number of oxazole rings is 1. The summed E-state index contributed by atoms with van der Waals surface area (Å²) >= 11 is 3.36. The van der Waals surface area contributed by atoms with Crippen molar-refractivity contribution in [3.8, 4) is 0 Å². The molecule has 2 unspecified atom stereocenters. The summed E-state index contributed by atoms with van der Waals surface area (Å²) in [4.78, 5) is 22.7. The van der Waals surface area contributed by atoms with Crippen LogP contribution in [0.25, 0.3) is 11.1 Å². The fraction of sp³-hybridized carbons (Fsp3) is 0.320. The number of hydrazone groups is 1. The monoisotopic (exact) mass is 476 g/mol. The van der Waals surface area contributed by atoms with Crippen LogP contribution in [0.2, 0.25) is 0 Å². The van der Waals surface area contributed by atoms with Crippen LogP contribution in [0, 0.1) is 0 Å². The Bertz CT molecular complexity index is 1250. The van der Waals surface area contributed by atoms with E-state index in [1.165, 1.54) is 4.88 Å². The van der Waals surface area contributed by atoms with Crippen molar-refractivity contribution in [3.05, 3.63) is 74.9 Å². The van der Waals surface area contributed by atoms with E-state index in [9.17, 15) is 4.79 Å². The molecule has 1 amide bonds. The number of carbonyl (C=O) groups is 1. The maximum absolute atomic E-state index is 13.5. The van der Waals surface area contributed by atoms with Crippen molar-refractivity contribution in [2.24, 2.45) is 5.10 Å². The number of hydrogen-bond donors (Lipinski definition) is 0. The molecule has 2 aliphatic heterocycles. The van der Waals surface area contributed by atoms with Gasteiger partial charge in [0.25, 0.3) is 5.91 Å². The normalized spacial score (nSPS) is 21.6. The number of benzene rings is 1. The van der Waals surface area contributed by atoms with Crippen molar-refractivity contribution in [1.82, 2.24) is 14.9 Å². The molecule has 3 aromatic heterocycles. The summed E-state index contributed by atoms with van der Waals surface area (Å²) in [5.41, 5.74) is 2.72. The predicted molar refractivity (Wildman–Crippen MR) is 132 cm³/mol. The molecule has 0 aliphatic carbocycles. The lowest BCUT2D eigenvalue weighted by Crippen LogP contribution is -2.42. The third kappa shape index (κ3) is 4.14. The van der Waals surface area contributed by atoms with Crippen LogP contribution in [0.5, 0.6) is 0 Å². The minimum Gasteiger partial charge on any atom is -0.440 e. The van der Waals surface area contributed by atoms with E-state index in [0.29, 0.717) is 6.54 Å².